The molecule has 1 rings (SSSR count). The molecule has 5 heteroatoms. The zero-order chi connectivity index (χ0) is 13.4. The Bertz CT molecular complexity index is 368. The summed E-state index contributed by atoms with van der Waals surface area (Å²) < 4.78 is 10.6. The molecular weight excluding hydrogens is 248 g/mol. The molecule has 0 aliphatic heterocycles. The number of rotatable bonds is 8. The minimum absolute atomic E-state index is 0.404. The van der Waals surface area contributed by atoms with Crippen LogP contribution in [0.15, 0.2) is 24.3 Å². The molecule has 0 saturated heterocycles. The summed E-state index contributed by atoms with van der Waals surface area (Å²) in [6, 6.07) is 7.49. The second kappa shape index (κ2) is 8.02. The minimum Gasteiger partial charge on any atom is -0.492 e. The number of methoxy groups -OCH3 is 1. The van der Waals surface area contributed by atoms with E-state index in [1.165, 1.54) is 0 Å². The van der Waals surface area contributed by atoms with Crippen LogP contribution >= 0.6 is 12.2 Å². The standard InChI is InChI=1S/C13H20N2O2S/c1-15(7-9-16-2)8-10-17-12-5-3-11(4-6-12)13(14)18/h3-6H,7-10H2,1-2H3,(H2,14,18). The van der Waals surface area contributed by atoms with Crippen LogP contribution in [0.5, 0.6) is 5.75 Å². The quantitative estimate of drug-likeness (QED) is 0.720. The molecule has 0 heterocycles. The number of benzene rings is 1. The minimum atomic E-state index is 0.404. The Morgan fingerprint density at radius 2 is 1.83 bits per heavy atom. The molecule has 0 bridgehead atoms. The van der Waals surface area contributed by atoms with Gasteiger partial charge < -0.3 is 20.1 Å². The van der Waals surface area contributed by atoms with Crippen LogP contribution in [0.3, 0.4) is 0 Å². The van der Waals surface area contributed by atoms with Crippen molar-refractivity contribution in [3.05, 3.63) is 29.8 Å². The molecule has 0 aliphatic carbocycles. The van der Waals surface area contributed by atoms with Gasteiger partial charge in [-0.3, -0.25) is 0 Å². The summed E-state index contributed by atoms with van der Waals surface area (Å²) in [6.07, 6.45) is 0. The molecule has 0 radical (unpaired) electrons. The van der Waals surface area contributed by atoms with E-state index in [4.69, 9.17) is 27.4 Å². The van der Waals surface area contributed by atoms with E-state index < -0.39 is 0 Å². The summed E-state index contributed by atoms with van der Waals surface area (Å²) in [7, 11) is 3.74. The van der Waals surface area contributed by atoms with Gasteiger partial charge in [-0.05, 0) is 31.3 Å². The normalized spacial score (nSPS) is 10.6. The molecule has 1 aromatic carbocycles. The highest BCUT2D eigenvalue weighted by molar-refractivity contribution is 7.80. The lowest BCUT2D eigenvalue weighted by Crippen LogP contribution is -2.27. The van der Waals surface area contributed by atoms with Crippen molar-refractivity contribution in [1.29, 1.82) is 0 Å². The van der Waals surface area contributed by atoms with Gasteiger partial charge in [0, 0.05) is 25.8 Å². The molecular formula is C13H20N2O2S. The third-order valence-corrected chi connectivity index (χ3v) is 2.79. The predicted molar refractivity (Wildman–Crippen MR) is 77.2 cm³/mol. The number of hydrogen-bond acceptors (Lipinski definition) is 4. The first kappa shape index (κ1) is 14.9. The Morgan fingerprint density at radius 3 is 2.39 bits per heavy atom. The largest absolute Gasteiger partial charge is 0.492 e. The summed E-state index contributed by atoms with van der Waals surface area (Å²) in [4.78, 5) is 2.56. The van der Waals surface area contributed by atoms with E-state index in [1.807, 2.05) is 31.3 Å². The maximum absolute atomic E-state index is 5.62. The summed E-state index contributed by atoms with van der Waals surface area (Å²) in [5.74, 6) is 0.829. The molecule has 0 unspecified atom stereocenters. The van der Waals surface area contributed by atoms with Crippen molar-refractivity contribution < 1.29 is 9.47 Å². The molecule has 0 saturated carbocycles. The summed E-state index contributed by atoms with van der Waals surface area (Å²) in [5, 5.41) is 0. The molecule has 2 N–H and O–H groups in total. The first-order valence-corrected chi connectivity index (χ1v) is 6.24. The second-order valence-electron chi connectivity index (χ2n) is 4.03. The van der Waals surface area contributed by atoms with Crippen LogP contribution in [-0.2, 0) is 4.74 Å². The molecule has 4 nitrogen and oxygen atoms in total. The second-order valence-corrected chi connectivity index (χ2v) is 4.47. The van der Waals surface area contributed by atoms with E-state index in [1.54, 1.807) is 7.11 Å². The van der Waals surface area contributed by atoms with Crippen molar-refractivity contribution in [2.24, 2.45) is 5.73 Å². The Labute approximate surface area is 114 Å². The maximum Gasteiger partial charge on any atom is 0.119 e. The monoisotopic (exact) mass is 268 g/mol. The number of thiocarbonyl (C=S) groups is 1. The fraction of sp³-hybridized carbons (Fsp3) is 0.462. The number of nitrogens with zero attached hydrogens (tertiary/aromatic N) is 1. The van der Waals surface area contributed by atoms with Gasteiger partial charge in [-0.1, -0.05) is 12.2 Å². The van der Waals surface area contributed by atoms with Crippen LogP contribution < -0.4 is 10.5 Å². The highest BCUT2D eigenvalue weighted by Crippen LogP contribution is 2.11. The molecule has 0 fully saturated rings. The number of ether oxygens (including phenoxy) is 2. The van der Waals surface area contributed by atoms with Gasteiger partial charge in [0.1, 0.15) is 17.3 Å². The fourth-order valence-electron chi connectivity index (χ4n) is 1.39. The van der Waals surface area contributed by atoms with Gasteiger partial charge in [0.25, 0.3) is 0 Å². The average Bonchev–Trinajstić information content (AvgIpc) is 2.37. The Kier molecular flexibility index (Phi) is 6.64. The zero-order valence-electron chi connectivity index (χ0n) is 10.9. The first-order valence-electron chi connectivity index (χ1n) is 5.83. The summed E-state index contributed by atoms with van der Waals surface area (Å²) in [5.41, 5.74) is 6.38. The molecule has 100 valence electrons. The predicted octanol–water partition coefficient (Wildman–Crippen LogP) is 1.28. The maximum atomic E-state index is 5.62. The average molecular weight is 268 g/mol. The Hall–Kier alpha value is -1.17. The van der Waals surface area contributed by atoms with Crippen LogP contribution in [0.2, 0.25) is 0 Å². The van der Waals surface area contributed by atoms with Crippen LogP contribution in [0.25, 0.3) is 0 Å². The Morgan fingerprint density at radius 1 is 1.22 bits per heavy atom. The SMILES string of the molecule is COCCN(C)CCOc1ccc(C(N)=S)cc1. The van der Waals surface area contributed by atoms with Gasteiger partial charge in [0.2, 0.25) is 0 Å². The van der Waals surface area contributed by atoms with E-state index in [0.29, 0.717) is 11.6 Å². The van der Waals surface area contributed by atoms with E-state index in [0.717, 1.165) is 31.0 Å². The van der Waals surface area contributed by atoms with Crippen molar-refractivity contribution in [3.63, 3.8) is 0 Å². The van der Waals surface area contributed by atoms with Crippen LogP contribution in [0.4, 0.5) is 0 Å². The van der Waals surface area contributed by atoms with Gasteiger partial charge >= 0.3 is 0 Å². The van der Waals surface area contributed by atoms with Crippen LogP contribution in [0, 0.1) is 0 Å². The number of likely N-dealkylation sites (N-methyl/N-ethyl adjacent to an activating group) is 1. The van der Waals surface area contributed by atoms with Crippen molar-refractivity contribution in [1.82, 2.24) is 4.90 Å². The van der Waals surface area contributed by atoms with Crippen molar-refractivity contribution in [2.45, 2.75) is 0 Å². The van der Waals surface area contributed by atoms with Crippen molar-refractivity contribution in [3.8, 4) is 5.75 Å². The molecule has 0 amide bonds. The van der Waals surface area contributed by atoms with E-state index in [2.05, 4.69) is 4.90 Å². The summed E-state index contributed by atoms with van der Waals surface area (Å²) in [6.45, 7) is 3.15. The van der Waals surface area contributed by atoms with Gasteiger partial charge in [0.05, 0.1) is 6.61 Å². The molecule has 0 atom stereocenters. The highest BCUT2D eigenvalue weighted by atomic mass is 32.1. The summed E-state index contributed by atoms with van der Waals surface area (Å²) >= 11 is 4.89. The molecule has 0 aliphatic rings. The van der Waals surface area contributed by atoms with Gasteiger partial charge in [-0.15, -0.1) is 0 Å². The van der Waals surface area contributed by atoms with Crippen LogP contribution in [-0.4, -0.2) is 50.3 Å². The van der Waals surface area contributed by atoms with Crippen molar-refractivity contribution >= 4 is 17.2 Å². The fourth-order valence-corrected chi connectivity index (χ4v) is 1.53. The molecule has 1 aromatic rings. The highest BCUT2D eigenvalue weighted by Gasteiger charge is 2.00. The smallest absolute Gasteiger partial charge is 0.119 e. The molecule has 0 aromatic heterocycles. The topological polar surface area (TPSA) is 47.7 Å². The third kappa shape index (κ3) is 5.44. The Balaban J connectivity index is 2.29. The van der Waals surface area contributed by atoms with Crippen LogP contribution in [0.1, 0.15) is 5.56 Å². The van der Waals surface area contributed by atoms with E-state index in [-0.39, 0.29) is 0 Å². The lowest BCUT2D eigenvalue weighted by Gasteiger charge is -2.16. The lowest BCUT2D eigenvalue weighted by atomic mass is 10.2. The van der Waals surface area contributed by atoms with Gasteiger partial charge in [-0.2, -0.15) is 0 Å². The third-order valence-electron chi connectivity index (χ3n) is 2.56. The van der Waals surface area contributed by atoms with E-state index >= 15 is 0 Å². The van der Waals surface area contributed by atoms with Gasteiger partial charge in [-0.25, -0.2) is 0 Å². The molecule has 18 heavy (non-hydrogen) atoms. The zero-order valence-corrected chi connectivity index (χ0v) is 11.7. The number of nitrogens with two attached hydrogens (primary N) is 1. The van der Waals surface area contributed by atoms with E-state index in [9.17, 15) is 0 Å². The first-order chi connectivity index (χ1) is 8.63. The van der Waals surface area contributed by atoms with Crippen molar-refractivity contribution in [2.75, 3.05) is 40.5 Å². The molecule has 0 spiro atoms. The lowest BCUT2D eigenvalue weighted by molar-refractivity contribution is 0.150. The number of hydrogen-bond donors (Lipinski definition) is 1. The van der Waals surface area contributed by atoms with Gasteiger partial charge in [0.15, 0.2) is 0 Å².